The molecule has 2 fully saturated rings. The van der Waals surface area contributed by atoms with Gasteiger partial charge in [0, 0.05) is 18.9 Å². The van der Waals surface area contributed by atoms with Gasteiger partial charge in [-0.25, -0.2) is 0 Å². The molecular formula is C11H18O3. The molecule has 2 aliphatic rings. The van der Waals surface area contributed by atoms with Crippen molar-refractivity contribution in [3.63, 3.8) is 0 Å². The third kappa shape index (κ3) is 2.55. The van der Waals surface area contributed by atoms with Crippen LogP contribution in [0.5, 0.6) is 0 Å². The highest BCUT2D eigenvalue weighted by atomic mass is 16.5. The Morgan fingerprint density at radius 3 is 2.93 bits per heavy atom. The van der Waals surface area contributed by atoms with Crippen molar-refractivity contribution in [1.82, 2.24) is 0 Å². The van der Waals surface area contributed by atoms with Gasteiger partial charge in [-0.3, -0.25) is 4.79 Å². The normalized spacial score (nSPS) is 34.4. The van der Waals surface area contributed by atoms with Gasteiger partial charge in [0.1, 0.15) is 5.78 Å². The topological polar surface area (TPSA) is 35.5 Å². The van der Waals surface area contributed by atoms with Gasteiger partial charge in [-0.05, 0) is 25.7 Å². The molecule has 0 saturated carbocycles. The fourth-order valence-corrected chi connectivity index (χ4v) is 2.21. The number of carbonyl (C=O) groups is 1. The molecule has 2 rings (SSSR count). The Balaban J connectivity index is 1.79. The molecule has 2 atom stereocenters. The average Bonchev–Trinajstić information content (AvgIpc) is 2.23. The Bertz CT molecular complexity index is 197. The van der Waals surface area contributed by atoms with Gasteiger partial charge in [-0.15, -0.1) is 0 Å². The van der Waals surface area contributed by atoms with E-state index in [9.17, 15) is 4.79 Å². The zero-order chi connectivity index (χ0) is 9.80. The van der Waals surface area contributed by atoms with E-state index in [0.717, 1.165) is 19.4 Å². The van der Waals surface area contributed by atoms with Gasteiger partial charge in [0.25, 0.3) is 0 Å². The quantitative estimate of drug-likeness (QED) is 0.675. The highest BCUT2D eigenvalue weighted by molar-refractivity contribution is 5.81. The lowest BCUT2D eigenvalue weighted by Crippen LogP contribution is -2.32. The van der Waals surface area contributed by atoms with Crippen molar-refractivity contribution in [2.45, 2.75) is 38.2 Å². The van der Waals surface area contributed by atoms with Crippen LogP contribution in [0.3, 0.4) is 0 Å². The van der Waals surface area contributed by atoms with Crippen LogP contribution in [0, 0.1) is 5.92 Å². The summed E-state index contributed by atoms with van der Waals surface area (Å²) in [7, 11) is 0. The van der Waals surface area contributed by atoms with Crippen LogP contribution in [0.4, 0.5) is 0 Å². The Hall–Kier alpha value is -0.410. The number of hydrogen-bond donors (Lipinski definition) is 0. The number of ketones is 1. The molecular weight excluding hydrogens is 180 g/mol. The molecule has 3 nitrogen and oxygen atoms in total. The second-order valence-electron chi connectivity index (χ2n) is 4.21. The van der Waals surface area contributed by atoms with Crippen LogP contribution in [-0.4, -0.2) is 31.7 Å². The second-order valence-corrected chi connectivity index (χ2v) is 4.21. The van der Waals surface area contributed by atoms with Crippen LogP contribution in [0.2, 0.25) is 0 Å². The predicted molar refractivity (Wildman–Crippen MR) is 52.1 cm³/mol. The van der Waals surface area contributed by atoms with Gasteiger partial charge in [0.15, 0.2) is 0 Å². The fourth-order valence-electron chi connectivity index (χ4n) is 2.21. The molecule has 0 aromatic rings. The van der Waals surface area contributed by atoms with E-state index in [1.165, 1.54) is 12.8 Å². The van der Waals surface area contributed by atoms with Crippen molar-refractivity contribution in [3.05, 3.63) is 0 Å². The molecule has 0 N–H and O–H groups in total. The maximum atomic E-state index is 11.5. The summed E-state index contributed by atoms with van der Waals surface area (Å²) in [5, 5.41) is 0. The second kappa shape index (κ2) is 4.89. The molecule has 0 bridgehead atoms. The number of carbonyl (C=O) groups excluding carboxylic acids is 1. The SMILES string of the molecule is O=C1CCOCC1CC1CCCCO1. The van der Waals surface area contributed by atoms with E-state index in [-0.39, 0.29) is 5.92 Å². The monoisotopic (exact) mass is 198 g/mol. The smallest absolute Gasteiger partial charge is 0.140 e. The number of ether oxygens (including phenoxy) is 2. The minimum Gasteiger partial charge on any atom is -0.380 e. The van der Waals surface area contributed by atoms with Crippen molar-refractivity contribution in [2.75, 3.05) is 19.8 Å². The standard InChI is InChI=1S/C11H18O3/c12-11-4-6-13-8-9(11)7-10-3-1-2-5-14-10/h9-10H,1-8H2. The molecule has 14 heavy (non-hydrogen) atoms. The van der Waals surface area contributed by atoms with Crippen molar-refractivity contribution in [2.24, 2.45) is 5.92 Å². The van der Waals surface area contributed by atoms with Crippen molar-refractivity contribution < 1.29 is 14.3 Å². The van der Waals surface area contributed by atoms with Crippen LogP contribution >= 0.6 is 0 Å². The molecule has 0 amide bonds. The first-order chi connectivity index (χ1) is 6.86. The van der Waals surface area contributed by atoms with Crippen LogP contribution in [0.25, 0.3) is 0 Å². The summed E-state index contributed by atoms with van der Waals surface area (Å²) in [6.07, 6.45) is 5.30. The van der Waals surface area contributed by atoms with E-state index in [0.29, 0.717) is 31.5 Å². The Labute approximate surface area is 84.8 Å². The van der Waals surface area contributed by atoms with Gasteiger partial charge >= 0.3 is 0 Å². The van der Waals surface area contributed by atoms with Crippen LogP contribution in [0.1, 0.15) is 32.1 Å². The van der Waals surface area contributed by atoms with Gasteiger partial charge in [-0.2, -0.15) is 0 Å². The van der Waals surface area contributed by atoms with Crippen LogP contribution in [0.15, 0.2) is 0 Å². The first kappa shape index (κ1) is 10.1. The molecule has 0 aromatic heterocycles. The zero-order valence-electron chi connectivity index (χ0n) is 8.54. The van der Waals surface area contributed by atoms with Crippen molar-refractivity contribution in [3.8, 4) is 0 Å². The highest BCUT2D eigenvalue weighted by Crippen LogP contribution is 2.22. The molecule has 0 radical (unpaired) electrons. The van der Waals surface area contributed by atoms with Gasteiger partial charge < -0.3 is 9.47 Å². The zero-order valence-corrected chi connectivity index (χ0v) is 8.54. The van der Waals surface area contributed by atoms with E-state index in [1.54, 1.807) is 0 Å². The molecule has 0 aliphatic carbocycles. The molecule has 0 spiro atoms. The first-order valence-electron chi connectivity index (χ1n) is 5.58. The van der Waals surface area contributed by atoms with E-state index >= 15 is 0 Å². The van der Waals surface area contributed by atoms with Crippen molar-refractivity contribution in [1.29, 1.82) is 0 Å². The fraction of sp³-hybridized carbons (Fsp3) is 0.909. The summed E-state index contributed by atoms with van der Waals surface area (Å²) in [6.45, 7) is 2.09. The molecule has 2 heterocycles. The summed E-state index contributed by atoms with van der Waals surface area (Å²) >= 11 is 0. The minimum atomic E-state index is 0.104. The Morgan fingerprint density at radius 1 is 1.29 bits per heavy atom. The third-order valence-electron chi connectivity index (χ3n) is 3.09. The van der Waals surface area contributed by atoms with Crippen molar-refractivity contribution >= 4 is 5.78 Å². The maximum absolute atomic E-state index is 11.5. The van der Waals surface area contributed by atoms with Gasteiger partial charge in [0.05, 0.1) is 19.3 Å². The summed E-state index contributed by atoms with van der Waals surface area (Å²) in [5.74, 6) is 0.470. The molecule has 2 aliphatic heterocycles. The molecule has 80 valence electrons. The molecule has 3 heteroatoms. The van der Waals surface area contributed by atoms with Crippen LogP contribution in [-0.2, 0) is 14.3 Å². The molecule has 0 aromatic carbocycles. The Kier molecular flexibility index (Phi) is 3.54. The summed E-state index contributed by atoms with van der Waals surface area (Å²) in [6, 6.07) is 0. The predicted octanol–water partition coefficient (Wildman–Crippen LogP) is 1.55. The van der Waals surface area contributed by atoms with E-state index < -0.39 is 0 Å². The molecule has 2 unspecified atom stereocenters. The lowest BCUT2D eigenvalue weighted by Gasteiger charge is -2.28. The van der Waals surface area contributed by atoms with E-state index in [1.807, 2.05) is 0 Å². The Morgan fingerprint density at radius 2 is 2.21 bits per heavy atom. The van der Waals surface area contributed by atoms with E-state index in [2.05, 4.69) is 0 Å². The first-order valence-corrected chi connectivity index (χ1v) is 5.58. The van der Waals surface area contributed by atoms with Crippen LogP contribution < -0.4 is 0 Å². The lowest BCUT2D eigenvalue weighted by atomic mass is 9.91. The minimum absolute atomic E-state index is 0.104. The maximum Gasteiger partial charge on any atom is 0.140 e. The summed E-state index contributed by atoms with van der Waals surface area (Å²) < 4.78 is 10.9. The van der Waals surface area contributed by atoms with Gasteiger partial charge in [0.2, 0.25) is 0 Å². The summed E-state index contributed by atoms with van der Waals surface area (Å²) in [5.41, 5.74) is 0. The van der Waals surface area contributed by atoms with E-state index in [4.69, 9.17) is 9.47 Å². The number of Topliss-reactive ketones (excluding diaryl/α,β-unsaturated/α-hetero) is 1. The molecule has 2 saturated heterocycles. The summed E-state index contributed by atoms with van der Waals surface area (Å²) in [4.78, 5) is 11.5. The average molecular weight is 198 g/mol. The highest BCUT2D eigenvalue weighted by Gasteiger charge is 2.27. The third-order valence-corrected chi connectivity index (χ3v) is 3.09. The number of rotatable bonds is 2. The van der Waals surface area contributed by atoms with Gasteiger partial charge in [-0.1, -0.05) is 0 Å². The largest absolute Gasteiger partial charge is 0.380 e. The lowest BCUT2D eigenvalue weighted by molar-refractivity contribution is -0.133. The number of hydrogen-bond acceptors (Lipinski definition) is 3.